The van der Waals surface area contributed by atoms with Gasteiger partial charge in [0, 0.05) is 64.1 Å². The molecule has 0 bridgehead atoms. The van der Waals surface area contributed by atoms with Crippen molar-refractivity contribution in [3.8, 4) is 5.75 Å². The number of benzene rings is 1. The molecule has 0 amide bonds. The van der Waals surface area contributed by atoms with Crippen LogP contribution in [0.4, 0.5) is 5.82 Å². The highest BCUT2D eigenvalue weighted by Gasteiger charge is 2.24. The van der Waals surface area contributed by atoms with Gasteiger partial charge >= 0.3 is 0 Å². The Bertz CT molecular complexity index is 990. The first-order valence-corrected chi connectivity index (χ1v) is 10.2. The van der Waals surface area contributed by atoms with Crippen LogP contribution in [-0.2, 0) is 20.0 Å². The molecule has 0 unspecified atom stereocenters. The third kappa shape index (κ3) is 3.22. The van der Waals surface area contributed by atoms with Crippen molar-refractivity contribution in [3.63, 3.8) is 0 Å². The number of aromatic nitrogens is 3. The largest absolute Gasteiger partial charge is 0.490 e. The molecule has 0 radical (unpaired) electrons. The number of aryl methyl sites for hydroxylation is 1. The molecule has 3 aromatic rings. The average Bonchev–Trinajstić information content (AvgIpc) is 3.10. The number of anilines is 1. The molecule has 6 heteroatoms. The normalized spacial score (nSPS) is 18.4. The summed E-state index contributed by atoms with van der Waals surface area (Å²) < 4.78 is 8.52. The molecular formula is C22H27N5O. The summed E-state index contributed by atoms with van der Waals surface area (Å²) in [5, 5.41) is 10.2. The molecule has 2 aromatic heterocycles. The Hall–Kier alpha value is -2.60. The number of likely N-dealkylation sites (N-methyl/N-ethyl adjacent to an activating group) is 1. The molecule has 0 atom stereocenters. The number of rotatable bonds is 3. The molecule has 2 aliphatic rings. The number of hydrogen-bond donors (Lipinski definition) is 0. The van der Waals surface area contributed by atoms with E-state index in [1.165, 1.54) is 16.5 Å². The van der Waals surface area contributed by atoms with Gasteiger partial charge in [0.05, 0.1) is 11.2 Å². The SMILES string of the molecule is CN1CCc2nnc(N3CCC(Oc4cccc5c4ccn5C)CC3)cc2C1. The quantitative estimate of drug-likeness (QED) is 0.702. The van der Waals surface area contributed by atoms with Crippen LogP contribution in [0.5, 0.6) is 5.75 Å². The Morgan fingerprint density at radius 1 is 1.04 bits per heavy atom. The van der Waals surface area contributed by atoms with E-state index in [1.807, 2.05) is 0 Å². The molecule has 4 heterocycles. The van der Waals surface area contributed by atoms with Gasteiger partial charge in [0.1, 0.15) is 11.9 Å². The lowest BCUT2D eigenvalue weighted by Crippen LogP contribution is -2.39. The molecule has 1 saturated heterocycles. The number of fused-ring (bicyclic) bond motifs is 2. The Labute approximate surface area is 165 Å². The fraction of sp³-hybridized carbons (Fsp3) is 0.455. The van der Waals surface area contributed by atoms with Crippen LogP contribution >= 0.6 is 0 Å². The summed E-state index contributed by atoms with van der Waals surface area (Å²) in [6.07, 6.45) is 5.34. The summed E-state index contributed by atoms with van der Waals surface area (Å²) in [5.74, 6) is 2.01. The van der Waals surface area contributed by atoms with E-state index in [4.69, 9.17) is 4.74 Å². The van der Waals surface area contributed by atoms with Crippen molar-refractivity contribution in [2.24, 2.45) is 7.05 Å². The molecule has 5 rings (SSSR count). The second-order valence-corrected chi connectivity index (χ2v) is 8.08. The number of hydrogen-bond acceptors (Lipinski definition) is 5. The predicted octanol–water partition coefficient (Wildman–Crippen LogP) is 3.00. The first-order valence-electron chi connectivity index (χ1n) is 10.2. The minimum Gasteiger partial charge on any atom is -0.490 e. The maximum absolute atomic E-state index is 6.39. The van der Waals surface area contributed by atoms with E-state index >= 15 is 0 Å². The summed E-state index contributed by atoms with van der Waals surface area (Å²) in [7, 11) is 4.24. The highest BCUT2D eigenvalue weighted by atomic mass is 16.5. The molecule has 0 aliphatic carbocycles. The standard InChI is InChI=1S/C22H27N5O/c1-25-10-9-19-16(15-25)14-22(24-23-19)27-12-6-17(7-13-27)28-21-5-3-4-20-18(21)8-11-26(20)2/h3-5,8,11,14,17H,6-7,9-10,12-13,15H2,1-2H3. The van der Waals surface area contributed by atoms with E-state index < -0.39 is 0 Å². The molecule has 28 heavy (non-hydrogen) atoms. The van der Waals surface area contributed by atoms with Crippen molar-refractivity contribution >= 4 is 16.7 Å². The second-order valence-electron chi connectivity index (χ2n) is 8.08. The first-order chi connectivity index (χ1) is 13.7. The van der Waals surface area contributed by atoms with Gasteiger partial charge < -0.3 is 19.1 Å². The molecule has 6 nitrogen and oxygen atoms in total. The van der Waals surface area contributed by atoms with Gasteiger partial charge in [-0.3, -0.25) is 0 Å². The fourth-order valence-corrected chi connectivity index (χ4v) is 4.37. The number of nitrogens with zero attached hydrogens (tertiary/aromatic N) is 5. The van der Waals surface area contributed by atoms with Crippen LogP contribution in [0.2, 0.25) is 0 Å². The van der Waals surface area contributed by atoms with E-state index in [1.54, 1.807) is 0 Å². The van der Waals surface area contributed by atoms with E-state index in [9.17, 15) is 0 Å². The van der Waals surface area contributed by atoms with E-state index in [0.717, 1.165) is 62.7 Å². The van der Waals surface area contributed by atoms with Crippen LogP contribution in [0.15, 0.2) is 36.5 Å². The maximum Gasteiger partial charge on any atom is 0.151 e. The smallest absolute Gasteiger partial charge is 0.151 e. The van der Waals surface area contributed by atoms with Crippen molar-refractivity contribution in [3.05, 3.63) is 47.8 Å². The highest BCUT2D eigenvalue weighted by Crippen LogP contribution is 2.29. The summed E-state index contributed by atoms with van der Waals surface area (Å²) >= 11 is 0. The third-order valence-corrected chi connectivity index (χ3v) is 6.07. The minimum absolute atomic E-state index is 0.249. The fourth-order valence-electron chi connectivity index (χ4n) is 4.37. The molecule has 1 aromatic carbocycles. The molecule has 1 fully saturated rings. The van der Waals surface area contributed by atoms with Crippen LogP contribution in [0, 0.1) is 0 Å². The van der Waals surface area contributed by atoms with Gasteiger partial charge in [-0.05, 0) is 36.9 Å². The van der Waals surface area contributed by atoms with Crippen molar-refractivity contribution in [2.45, 2.75) is 31.9 Å². The van der Waals surface area contributed by atoms with E-state index in [2.05, 4.69) is 75.2 Å². The van der Waals surface area contributed by atoms with Gasteiger partial charge in [-0.2, -0.15) is 5.10 Å². The van der Waals surface area contributed by atoms with Gasteiger partial charge in [-0.1, -0.05) is 6.07 Å². The zero-order valence-corrected chi connectivity index (χ0v) is 16.6. The Kier molecular flexibility index (Phi) is 4.43. The van der Waals surface area contributed by atoms with Crippen molar-refractivity contribution in [2.75, 3.05) is 31.6 Å². The van der Waals surface area contributed by atoms with Gasteiger partial charge in [0.2, 0.25) is 0 Å². The Balaban J connectivity index is 1.26. The summed E-state index contributed by atoms with van der Waals surface area (Å²) in [5.41, 5.74) is 3.70. The zero-order valence-electron chi connectivity index (χ0n) is 16.6. The highest BCUT2D eigenvalue weighted by molar-refractivity contribution is 5.86. The minimum atomic E-state index is 0.249. The van der Waals surface area contributed by atoms with E-state index in [-0.39, 0.29) is 6.10 Å². The number of ether oxygens (including phenoxy) is 1. The summed E-state index contributed by atoms with van der Waals surface area (Å²) in [6, 6.07) is 10.7. The van der Waals surface area contributed by atoms with Crippen LogP contribution in [0.25, 0.3) is 10.9 Å². The van der Waals surface area contributed by atoms with Gasteiger partial charge in [-0.15, -0.1) is 5.10 Å². The lowest BCUT2D eigenvalue weighted by Gasteiger charge is -2.33. The molecule has 0 spiro atoms. The van der Waals surface area contributed by atoms with Crippen molar-refractivity contribution < 1.29 is 4.74 Å². The van der Waals surface area contributed by atoms with Crippen LogP contribution in [0.3, 0.4) is 0 Å². The number of piperidine rings is 1. The van der Waals surface area contributed by atoms with Crippen molar-refractivity contribution in [1.82, 2.24) is 19.7 Å². The summed E-state index contributed by atoms with van der Waals surface area (Å²) in [6.45, 7) is 3.95. The Morgan fingerprint density at radius 3 is 2.75 bits per heavy atom. The molecular weight excluding hydrogens is 350 g/mol. The predicted molar refractivity (Wildman–Crippen MR) is 111 cm³/mol. The molecule has 0 saturated carbocycles. The second kappa shape index (κ2) is 7.09. The maximum atomic E-state index is 6.39. The van der Waals surface area contributed by atoms with Crippen molar-refractivity contribution in [1.29, 1.82) is 0 Å². The molecule has 2 aliphatic heterocycles. The Morgan fingerprint density at radius 2 is 1.89 bits per heavy atom. The zero-order chi connectivity index (χ0) is 19.1. The lowest BCUT2D eigenvalue weighted by molar-refractivity contribution is 0.173. The molecule has 146 valence electrons. The third-order valence-electron chi connectivity index (χ3n) is 6.07. The lowest BCUT2D eigenvalue weighted by atomic mass is 10.1. The average molecular weight is 377 g/mol. The van der Waals surface area contributed by atoms with Gasteiger partial charge in [0.15, 0.2) is 5.82 Å². The summed E-state index contributed by atoms with van der Waals surface area (Å²) in [4.78, 5) is 4.70. The van der Waals surface area contributed by atoms with Gasteiger partial charge in [-0.25, -0.2) is 0 Å². The van der Waals surface area contributed by atoms with Crippen LogP contribution < -0.4 is 9.64 Å². The first kappa shape index (κ1) is 17.5. The van der Waals surface area contributed by atoms with Crippen LogP contribution in [0.1, 0.15) is 24.1 Å². The molecule has 0 N–H and O–H groups in total. The van der Waals surface area contributed by atoms with E-state index in [0.29, 0.717) is 0 Å². The topological polar surface area (TPSA) is 46.4 Å². The van der Waals surface area contributed by atoms with Gasteiger partial charge in [0.25, 0.3) is 0 Å². The van der Waals surface area contributed by atoms with Crippen LogP contribution in [-0.4, -0.2) is 52.5 Å². The monoisotopic (exact) mass is 377 g/mol.